The molecule has 0 radical (unpaired) electrons. The smallest absolute Gasteiger partial charge is 0.298 e. The molecule has 0 amide bonds. The summed E-state index contributed by atoms with van der Waals surface area (Å²) in [5.74, 6) is 0.513. The van der Waals surface area contributed by atoms with Crippen LogP contribution in [0.2, 0.25) is 0 Å². The minimum atomic E-state index is -0.262. The molecule has 2 saturated heterocycles. The number of aliphatic hydroxyl groups is 2. The van der Waals surface area contributed by atoms with Crippen molar-refractivity contribution in [2.75, 3.05) is 37.7 Å². The molecule has 2 N–H and O–H groups in total. The number of rotatable bonds is 4. The number of likely N-dealkylation sites (tertiary alicyclic amines) is 1. The molecule has 2 aliphatic heterocycles. The summed E-state index contributed by atoms with van der Waals surface area (Å²) in [7, 11) is 0. The van der Waals surface area contributed by atoms with Gasteiger partial charge in [-0.3, -0.25) is 4.90 Å². The highest BCUT2D eigenvalue weighted by molar-refractivity contribution is 5.74. The minimum Gasteiger partial charge on any atom is -0.423 e. The van der Waals surface area contributed by atoms with Crippen LogP contribution in [0, 0.1) is 5.92 Å². The summed E-state index contributed by atoms with van der Waals surface area (Å²) in [5.41, 5.74) is 1.73. The van der Waals surface area contributed by atoms with Gasteiger partial charge in [0.25, 0.3) is 6.01 Å². The van der Waals surface area contributed by atoms with Crippen molar-refractivity contribution in [2.24, 2.45) is 5.92 Å². The number of nitrogens with zero attached hydrogens (tertiary/aromatic N) is 3. The number of para-hydroxylation sites is 2. The number of oxazole rings is 1. The quantitative estimate of drug-likeness (QED) is 0.884. The van der Waals surface area contributed by atoms with Crippen LogP contribution in [0.25, 0.3) is 11.1 Å². The van der Waals surface area contributed by atoms with Gasteiger partial charge in [0.2, 0.25) is 0 Å². The van der Waals surface area contributed by atoms with Crippen LogP contribution in [0.1, 0.15) is 19.3 Å². The first kappa shape index (κ1) is 15.9. The Morgan fingerprint density at radius 2 is 2.04 bits per heavy atom. The van der Waals surface area contributed by atoms with E-state index < -0.39 is 0 Å². The second-order valence-corrected chi connectivity index (χ2v) is 7.09. The lowest BCUT2D eigenvalue weighted by atomic mass is 9.98. The van der Waals surface area contributed by atoms with Gasteiger partial charge in [-0.15, -0.1) is 0 Å². The maximum atomic E-state index is 9.92. The molecule has 0 aliphatic carbocycles. The Balaban J connectivity index is 1.40. The number of piperidine rings is 1. The van der Waals surface area contributed by atoms with Crippen molar-refractivity contribution in [1.82, 2.24) is 9.88 Å². The summed E-state index contributed by atoms with van der Waals surface area (Å²) >= 11 is 0. The number of benzene rings is 1. The number of fused-ring (bicyclic) bond motifs is 1. The lowest BCUT2D eigenvalue weighted by molar-refractivity contribution is 0.00725. The second-order valence-electron chi connectivity index (χ2n) is 7.09. The molecule has 2 aliphatic rings. The zero-order chi connectivity index (χ0) is 16.5. The topological polar surface area (TPSA) is 73.0 Å². The zero-order valence-electron chi connectivity index (χ0n) is 13.8. The van der Waals surface area contributed by atoms with Gasteiger partial charge in [0, 0.05) is 32.2 Å². The molecule has 0 bridgehead atoms. The van der Waals surface area contributed by atoms with Crippen LogP contribution in [0.5, 0.6) is 0 Å². The average Bonchev–Trinajstić information content (AvgIpc) is 3.21. The van der Waals surface area contributed by atoms with E-state index in [-0.39, 0.29) is 18.8 Å². The second kappa shape index (κ2) is 6.70. The third-order valence-corrected chi connectivity index (χ3v) is 5.34. The van der Waals surface area contributed by atoms with Gasteiger partial charge in [0.15, 0.2) is 5.58 Å². The number of aromatic nitrogens is 1. The Hall–Kier alpha value is -1.63. The third-order valence-electron chi connectivity index (χ3n) is 5.34. The van der Waals surface area contributed by atoms with Crippen molar-refractivity contribution in [3.8, 4) is 0 Å². The van der Waals surface area contributed by atoms with Crippen molar-refractivity contribution >= 4 is 17.1 Å². The van der Waals surface area contributed by atoms with E-state index >= 15 is 0 Å². The summed E-state index contributed by atoms with van der Waals surface area (Å²) in [4.78, 5) is 9.05. The van der Waals surface area contributed by atoms with Gasteiger partial charge in [0.05, 0.1) is 12.7 Å². The zero-order valence-corrected chi connectivity index (χ0v) is 13.8. The highest BCUT2D eigenvalue weighted by atomic mass is 16.4. The lowest BCUT2D eigenvalue weighted by Gasteiger charge is -2.38. The number of hydrogen-bond acceptors (Lipinski definition) is 6. The monoisotopic (exact) mass is 331 g/mol. The predicted molar refractivity (Wildman–Crippen MR) is 92.0 cm³/mol. The molecule has 1 aromatic carbocycles. The Morgan fingerprint density at radius 3 is 2.88 bits per heavy atom. The van der Waals surface area contributed by atoms with Crippen LogP contribution in [-0.4, -0.2) is 65.0 Å². The maximum absolute atomic E-state index is 9.92. The fourth-order valence-electron chi connectivity index (χ4n) is 3.99. The van der Waals surface area contributed by atoms with Crippen LogP contribution in [-0.2, 0) is 0 Å². The van der Waals surface area contributed by atoms with Crippen molar-refractivity contribution in [2.45, 2.75) is 31.4 Å². The predicted octanol–water partition coefficient (Wildman–Crippen LogP) is 1.47. The van der Waals surface area contributed by atoms with Crippen molar-refractivity contribution in [3.05, 3.63) is 24.3 Å². The van der Waals surface area contributed by atoms with Crippen LogP contribution in [0.4, 0.5) is 6.01 Å². The Bertz CT molecular complexity index is 656. The van der Waals surface area contributed by atoms with E-state index in [2.05, 4.69) is 14.8 Å². The van der Waals surface area contributed by atoms with Gasteiger partial charge in [-0.25, -0.2) is 0 Å². The van der Waals surface area contributed by atoms with Gasteiger partial charge >= 0.3 is 0 Å². The molecular formula is C18H25N3O3. The molecule has 2 aromatic rings. The average molecular weight is 331 g/mol. The summed E-state index contributed by atoms with van der Waals surface area (Å²) in [6.07, 6.45) is 2.49. The molecule has 1 aromatic heterocycles. The molecule has 4 rings (SSSR count). The van der Waals surface area contributed by atoms with Crippen molar-refractivity contribution < 1.29 is 14.6 Å². The molecule has 6 nitrogen and oxygen atoms in total. The Labute approximate surface area is 141 Å². The van der Waals surface area contributed by atoms with Gasteiger partial charge in [-0.1, -0.05) is 12.1 Å². The fraction of sp³-hybridized carbons (Fsp3) is 0.611. The summed E-state index contributed by atoms with van der Waals surface area (Å²) < 4.78 is 5.87. The number of β-amino-alcohol motifs (C(OH)–C–C–N with tert-alkyl or cyclic N) is 1. The molecule has 24 heavy (non-hydrogen) atoms. The van der Waals surface area contributed by atoms with E-state index in [0.29, 0.717) is 18.5 Å². The molecular weight excluding hydrogens is 306 g/mol. The molecule has 0 unspecified atom stereocenters. The third kappa shape index (κ3) is 3.14. The highest BCUT2D eigenvalue weighted by Gasteiger charge is 2.32. The minimum absolute atomic E-state index is 0.175. The summed E-state index contributed by atoms with van der Waals surface area (Å²) in [6, 6.07) is 8.73. The van der Waals surface area contributed by atoms with Gasteiger partial charge in [-0.2, -0.15) is 4.98 Å². The SMILES string of the molecule is OC[C@H]1CC[C@@H](O)CN1C[C@H]1CCN(c2nc3ccccc3o2)C1. The number of hydrogen-bond donors (Lipinski definition) is 2. The molecule has 0 spiro atoms. The molecule has 2 fully saturated rings. The number of anilines is 1. The normalized spacial score (nSPS) is 28.8. The molecule has 130 valence electrons. The molecule has 3 heterocycles. The van der Waals surface area contributed by atoms with E-state index in [0.717, 1.165) is 50.0 Å². The lowest BCUT2D eigenvalue weighted by Crippen LogP contribution is -2.49. The standard InChI is InChI=1S/C18H25N3O3/c22-12-14-5-6-15(23)11-21(14)10-13-7-8-20(9-13)18-19-16-3-1-2-4-17(16)24-18/h1-4,13-15,22-23H,5-12H2/t13-,14+,15+/m0/s1. The fourth-order valence-corrected chi connectivity index (χ4v) is 3.99. The summed E-state index contributed by atoms with van der Waals surface area (Å²) in [6.45, 7) is 3.62. The molecule has 3 atom stereocenters. The van der Waals surface area contributed by atoms with E-state index in [1.54, 1.807) is 0 Å². The van der Waals surface area contributed by atoms with Crippen LogP contribution in [0.15, 0.2) is 28.7 Å². The van der Waals surface area contributed by atoms with E-state index in [1.807, 2.05) is 24.3 Å². The van der Waals surface area contributed by atoms with E-state index in [9.17, 15) is 10.2 Å². The largest absolute Gasteiger partial charge is 0.423 e. The summed E-state index contributed by atoms with van der Waals surface area (Å²) in [5, 5.41) is 19.5. The van der Waals surface area contributed by atoms with Crippen LogP contribution >= 0.6 is 0 Å². The highest BCUT2D eigenvalue weighted by Crippen LogP contribution is 2.28. The van der Waals surface area contributed by atoms with Gasteiger partial charge in [0.1, 0.15) is 5.52 Å². The Kier molecular flexibility index (Phi) is 4.43. The molecule has 0 saturated carbocycles. The van der Waals surface area contributed by atoms with Crippen molar-refractivity contribution in [1.29, 1.82) is 0 Å². The van der Waals surface area contributed by atoms with Gasteiger partial charge < -0.3 is 19.5 Å². The first-order valence-corrected chi connectivity index (χ1v) is 8.86. The number of aliphatic hydroxyl groups excluding tert-OH is 2. The Morgan fingerprint density at radius 1 is 1.17 bits per heavy atom. The van der Waals surface area contributed by atoms with Crippen LogP contribution < -0.4 is 4.90 Å². The van der Waals surface area contributed by atoms with Crippen molar-refractivity contribution in [3.63, 3.8) is 0 Å². The van der Waals surface area contributed by atoms with E-state index in [1.165, 1.54) is 0 Å². The van der Waals surface area contributed by atoms with Gasteiger partial charge in [-0.05, 0) is 37.3 Å². The maximum Gasteiger partial charge on any atom is 0.298 e. The first-order valence-electron chi connectivity index (χ1n) is 8.86. The van der Waals surface area contributed by atoms with E-state index in [4.69, 9.17) is 4.42 Å². The first-order chi connectivity index (χ1) is 11.7. The molecule has 6 heteroatoms. The van der Waals surface area contributed by atoms with Crippen LogP contribution in [0.3, 0.4) is 0 Å².